The van der Waals surface area contributed by atoms with E-state index in [1.165, 1.54) is 6.92 Å². The highest BCUT2D eigenvalue weighted by Gasteiger charge is 2.52. The van der Waals surface area contributed by atoms with Gasteiger partial charge in [0.15, 0.2) is 0 Å². The van der Waals surface area contributed by atoms with Crippen molar-refractivity contribution in [3.8, 4) is 0 Å². The molecule has 6 nitrogen and oxygen atoms in total. The molecule has 10 heteroatoms. The van der Waals surface area contributed by atoms with E-state index in [0.717, 1.165) is 11.0 Å². The molecule has 22 heavy (non-hydrogen) atoms. The van der Waals surface area contributed by atoms with Crippen LogP contribution in [0, 0.1) is 5.41 Å². The zero-order valence-electron chi connectivity index (χ0n) is 12.6. The maximum absolute atomic E-state index is 12.4. The lowest BCUT2D eigenvalue weighted by atomic mass is 9.70. The van der Waals surface area contributed by atoms with E-state index in [0.29, 0.717) is 0 Å². The van der Waals surface area contributed by atoms with Gasteiger partial charge in [0.25, 0.3) is 0 Å². The first-order chi connectivity index (χ1) is 9.62. The molecule has 0 fully saturated rings. The number of nitrogens with zero attached hydrogens (tertiary/aromatic N) is 1. The Labute approximate surface area is 126 Å². The Bertz CT molecular complexity index is 591. The summed E-state index contributed by atoms with van der Waals surface area (Å²) in [5, 5.41) is 9.24. The first-order valence-corrected chi connectivity index (χ1v) is 7.73. The summed E-state index contributed by atoms with van der Waals surface area (Å²) in [4.78, 5) is 12.4. The second kappa shape index (κ2) is 5.32. The minimum atomic E-state index is -5.77. The second-order valence-electron chi connectivity index (χ2n) is 6.25. The van der Waals surface area contributed by atoms with E-state index in [2.05, 4.69) is 4.18 Å². The van der Waals surface area contributed by atoms with Crippen molar-refractivity contribution in [1.82, 2.24) is 4.90 Å². The van der Waals surface area contributed by atoms with Crippen molar-refractivity contribution in [1.29, 1.82) is 0 Å². The van der Waals surface area contributed by atoms with Gasteiger partial charge in [0.1, 0.15) is 5.76 Å². The highest BCUT2D eigenvalue weighted by atomic mass is 32.2. The molecular formula is C12H18F3NO5S. The smallest absolute Gasteiger partial charge is 0.465 e. The molecule has 0 spiro atoms. The largest absolute Gasteiger partial charge is 0.534 e. The number of carbonyl (C=O) groups is 1. The summed E-state index contributed by atoms with van der Waals surface area (Å²) in [6, 6.07) is 0. The number of carboxylic acid groups (broad SMARTS) is 1. The molecule has 128 valence electrons. The maximum Gasteiger partial charge on any atom is 0.534 e. The van der Waals surface area contributed by atoms with Crippen LogP contribution in [-0.2, 0) is 14.3 Å². The molecule has 0 saturated carbocycles. The van der Waals surface area contributed by atoms with Crippen LogP contribution in [0.2, 0.25) is 0 Å². The Balaban J connectivity index is 3.17. The number of hydrogen-bond acceptors (Lipinski definition) is 4. The molecule has 1 aliphatic rings. The Kier molecular flexibility index (Phi) is 4.50. The molecule has 1 amide bonds. The van der Waals surface area contributed by atoms with E-state index in [1.807, 2.05) is 0 Å². The van der Waals surface area contributed by atoms with Crippen LogP contribution in [0.15, 0.2) is 11.8 Å². The summed E-state index contributed by atoms with van der Waals surface area (Å²) in [6.45, 7) is 6.42. The Hall–Kier alpha value is -1.45. The fourth-order valence-electron chi connectivity index (χ4n) is 2.11. The molecule has 1 unspecified atom stereocenters. The highest BCUT2D eigenvalue weighted by Crippen LogP contribution is 2.43. The van der Waals surface area contributed by atoms with Crippen LogP contribution >= 0.6 is 0 Å². The van der Waals surface area contributed by atoms with Crippen molar-refractivity contribution in [3.05, 3.63) is 11.8 Å². The summed E-state index contributed by atoms with van der Waals surface area (Å²) in [5.41, 5.74) is -7.31. The van der Waals surface area contributed by atoms with Crippen molar-refractivity contribution in [2.45, 2.75) is 45.2 Å². The van der Waals surface area contributed by atoms with E-state index < -0.39 is 38.4 Å². The average molecular weight is 345 g/mol. The van der Waals surface area contributed by atoms with Gasteiger partial charge in [0.2, 0.25) is 0 Å². The van der Waals surface area contributed by atoms with Crippen molar-refractivity contribution in [2.75, 3.05) is 6.54 Å². The lowest BCUT2D eigenvalue weighted by Gasteiger charge is -2.50. The van der Waals surface area contributed by atoms with Gasteiger partial charge in [0, 0.05) is 13.0 Å². The van der Waals surface area contributed by atoms with Crippen molar-refractivity contribution in [2.24, 2.45) is 5.41 Å². The van der Waals surface area contributed by atoms with Gasteiger partial charge in [-0.25, -0.2) is 4.79 Å². The SMILES string of the molecule is CC(C)(C)C1(C)CC(OS(=O)(=O)C(F)(F)F)=CCN1C(=O)O. The molecule has 0 aromatic heterocycles. The van der Waals surface area contributed by atoms with Gasteiger partial charge in [-0.05, 0) is 18.4 Å². The fourth-order valence-corrected chi connectivity index (χ4v) is 2.62. The molecule has 0 aromatic rings. The first-order valence-electron chi connectivity index (χ1n) is 6.32. The number of rotatable bonds is 2. The van der Waals surface area contributed by atoms with Crippen molar-refractivity contribution in [3.63, 3.8) is 0 Å². The summed E-state index contributed by atoms with van der Waals surface area (Å²) in [5.74, 6) is -0.410. The van der Waals surface area contributed by atoms with E-state index in [9.17, 15) is 31.5 Å². The van der Waals surface area contributed by atoms with Gasteiger partial charge < -0.3 is 9.29 Å². The number of halogens is 3. The van der Waals surface area contributed by atoms with Crippen molar-refractivity contribution >= 4 is 16.2 Å². The molecule has 1 aliphatic heterocycles. The van der Waals surface area contributed by atoms with Gasteiger partial charge in [-0.15, -0.1) is 0 Å². The zero-order valence-corrected chi connectivity index (χ0v) is 13.4. The second-order valence-corrected chi connectivity index (χ2v) is 7.79. The fraction of sp³-hybridized carbons (Fsp3) is 0.750. The normalized spacial score (nSPS) is 24.0. The third-order valence-corrected chi connectivity index (χ3v) is 4.96. The average Bonchev–Trinajstić information content (AvgIpc) is 2.24. The molecule has 1 atom stereocenters. The maximum atomic E-state index is 12.4. The van der Waals surface area contributed by atoms with Gasteiger partial charge >= 0.3 is 21.7 Å². The minimum absolute atomic E-state index is 0.258. The molecule has 1 N–H and O–H groups in total. The summed E-state index contributed by atoms with van der Waals surface area (Å²) in [7, 11) is -5.77. The summed E-state index contributed by atoms with van der Waals surface area (Å²) >= 11 is 0. The molecule has 0 aromatic carbocycles. The number of amides is 1. The molecule has 1 rings (SSSR count). The van der Waals surface area contributed by atoms with Crippen LogP contribution in [0.3, 0.4) is 0 Å². The van der Waals surface area contributed by atoms with Crippen LogP contribution in [0.1, 0.15) is 34.1 Å². The van der Waals surface area contributed by atoms with Gasteiger partial charge in [-0.2, -0.15) is 21.6 Å². The number of hydrogen-bond donors (Lipinski definition) is 1. The minimum Gasteiger partial charge on any atom is -0.465 e. The van der Waals surface area contributed by atoms with Gasteiger partial charge in [-0.3, -0.25) is 4.90 Å². The monoisotopic (exact) mass is 345 g/mol. The van der Waals surface area contributed by atoms with Crippen LogP contribution in [0.5, 0.6) is 0 Å². The van der Waals surface area contributed by atoms with E-state index in [1.54, 1.807) is 20.8 Å². The zero-order chi connectivity index (χ0) is 17.6. The molecule has 0 aliphatic carbocycles. The van der Waals surface area contributed by atoms with E-state index in [4.69, 9.17) is 0 Å². The Morgan fingerprint density at radius 3 is 2.23 bits per heavy atom. The molecule has 1 heterocycles. The lowest BCUT2D eigenvalue weighted by molar-refractivity contribution is -0.0539. The lowest BCUT2D eigenvalue weighted by Crippen LogP contribution is -2.59. The Morgan fingerprint density at radius 1 is 1.36 bits per heavy atom. The Morgan fingerprint density at radius 2 is 1.86 bits per heavy atom. The third kappa shape index (κ3) is 3.31. The van der Waals surface area contributed by atoms with E-state index in [-0.39, 0.29) is 13.0 Å². The predicted molar refractivity (Wildman–Crippen MR) is 71.4 cm³/mol. The van der Waals surface area contributed by atoms with E-state index >= 15 is 0 Å². The van der Waals surface area contributed by atoms with Crippen LogP contribution in [0.4, 0.5) is 18.0 Å². The van der Waals surface area contributed by atoms with Crippen LogP contribution < -0.4 is 0 Å². The molecule has 0 bridgehead atoms. The van der Waals surface area contributed by atoms with Gasteiger partial charge in [-0.1, -0.05) is 20.8 Å². The predicted octanol–water partition coefficient (Wildman–Crippen LogP) is 2.93. The van der Waals surface area contributed by atoms with Crippen molar-refractivity contribution < 1.29 is 35.7 Å². The molecular weight excluding hydrogens is 327 g/mol. The molecule has 0 saturated heterocycles. The molecule has 0 radical (unpaired) electrons. The van der Waals surface area contributed by atoms with Crippen LogP contribution in [-0.4, -0.2) is 42.1 Å². The quantitative estimate of drug-likeness (QED) is 0.614. The number of alkyl halides is 3. The third-order valence-electron chi connectivity index (χ3n) is 3.96. The summed E-state index contributed by atoms with van der Waals surface area (Å²) < 4.78 is 63.4. The summed E-state index contributed by atoms with van der Waals surface area (Å²) in [6.07, 6.45) is -0.491. The first kappa shape index (κ1) is 18.6. The van der Waals surface area contributed by atoms with Gasteiger partial charge in [0.05, 0.1) is 5.54 Å². The highest BCUT2D eigenvalue weighted by molar-refractivity contribution is 7.87. The standard InChI is InChI=1S/C12H18F3NO5S/c1-10(2,3)11(4)7-8(5-6-16(11)9(17)18)21-22(19,20)12(13,14)15/h5H,6-7H2,1-4H3,(H,17,18). The topological polar surface area (TPSA) is 83.9 Å². The van der Waals surface area contributed by atoms with Crippen LogP contribution in [0.25, 0.3) is 0 Å².